The molecular formula is C18H14ClF2N3O2. The van der Waals surface area contributed by atoms with Gasteiger partial charge < -0.3 is 10.1 Å². The molecular weight excluding hydrogens is 364 g/mol. The van der Waals surface area contributed by atoms with Gasteiger partial charge in [0, 0.05) is 11.2 Å². The van der Waals surface area contributed by atoms with Gasteiger partial charge in [0.15, 0.2) is 0 Å². The Morgan fingerprint density at radius 2 is 2.04 bits per heavy atom. The van der Waals surface area contributed by atoms with Crippen molar-refractivity contribution in [1.29, 1.82) is 0 Å². The highest BCUT2D eigenvalue weighted by Crippen LogP contribution is 2.21. The molecule has 0 unspecified atom stereocenters. The largest absolute Gasteiger partial charge is 0.434 e. The molecule has 1 N–H and O–H groups in total. The van der Waals surface area contributed by atoms with E-state index in [4.69, 9.17) is 11.6 Å². The van der Waals surface area contributed by atoms with Crippen LogP contribution in [0.25, 0.3) is 0 Å². The van der Waals surface area contributed by atoms with Gasteiger partial charge in [0.1, 0.15) is 5.75 Å². The number of carbonyl (C=O) groups excluding carboxylic acids is 1. The van der Waals surface area contributed by atoms with Crippen LogP contribution < -0.4 is 10.1 Å². The summed E-state index contributed by atoms with van der Waals surface area (Å²) >= 11 is 5.95. The third-order valence-corrected chi connectivity index (χ3v) is 3.71. The molecule has 0 saturated heterocycles. The number of benzene rings is 2. The van der Waals surface area contributed by atoms with Crippen molar-refractivity contribution < 1.29 is 18.3 Å². The first-order valence-corrected chi connectivity index (χ1v) is 8.01. The van der Waals surface area contributed by atoms with E-state index in [9.17, 15) is 13.6 Å². The molecule has 0 spiro atoms. The number of halogens is 3. The summed E-state index contributed by atoms with van der Waals surface area (Å²) in [5, 5.41) is 7.41. The van der Waals surface area contributed by atoms with E-state index in [-0.39, 0.29) is 11.3 Å². The molecule has 1 heterocycles. The molecule has 1 aromatic heterocycles. The van der Waals surface area contributed by atoms with Crippen LogP contribution in [-0.2, 0) is 6.54 Å². The summed E-state index contributed by atoms with van der Waals surface area (Å²) in [5.74, 6) is -0.755. The summed E-state index contributed by atoms with van der Waals surface area (Å²) in [6, 6.07) is 13.1. The fraction of sp³-hybridized carbons (Fsp3) is 0.111. The van der Waals surface area contributed by atoms with E-state index >= 15 is 0 Å². The molecule has 0 fully saturated rings. The number of para-hydroxylation sites is 1. The van der Waals surface area contributed by atoms with Crippen LogP contribution in [0.4, 0.5) is 14.5 Å². The Morgan fingerprint density at radius 3 is 2.81 bits per heavy atom. The summed E-state index contributed by atoms with van der Waals surface area (Å²) in [5.41, 5.74) is 1.40. The van der Waals surface area contributed by atoms with Gasteiger partial charge in [-0.05, 0) is 29.8 Å². The smallest absolute Gasteiger partial charge is 0.387 e. The predicted octanol–water partition coefficient (Wildman–Crippen LogP) is 4.44. The molecule has 3 aromatic rings. The topological polar surface area (TPSA) is 56.2 Å². The first kappa shape index (κ1) is 17.9. The lowest BCUT2D eigenvalue weighted by molar-refractivity contribution is -0.0501. The summed E-state index contributed by atoms with van der Waals surface area (Å²) < 4.78 is 30.9. The van der Waals surface area contributed by atoms with Gasteiger partial charge in [-0.3, -0.25) is 9.48 Å². The van der Waals surface area contributed by atoms with Crippen LogP contribution in [0, 0.1) is 0 Å². The van der Waals surface area contributed by atoms with Gasteiger partial charge in [-0.25, -0.2) is 0 Å². The maximum atomic E-state index is 12.5. The van der Waals surface area contributed by atoms with Crippen molar-refractivity contribution in [2.75, 3.05) is 5.32 Å². The zero-order valence-electron chi connectivity index (χ0n) is 13.4. The van der Waals surface area contributed by atoms with Crippen molar-refractivity contribution in [2.45, 2.75) is 13.2 Å². The van der Waals surface area contributed by atoms with Gasteiger partial charge in [-0.1, -0.05) is 35.9 Å². The minimum absolute atomic E-state index is 0.00962. The number of hydrogen-bond acceptors (Lipinski definition) is 3. The summed E-state index contributed by atoms with van der Waals surface area (Å²) in [6.45, 7) is -2.54. The van der Waals surface area contributed by atoms with Crippen molar-refractivity contribution in [3.8, 4) is 5.75 Å². The molecule has 0 aliphatic carbocycles. The van der Waals surface area contributed by atoms with Crippen molar-refractivity contribution in [2.24, 2.45) is 0 Å². The third kappa shape index (κ3) is 4.58. The highest BCUT2D eigenvalue weighted by atomic mass is 35.5. The molecule has 0 saturated carbocycles. The molecule has 0 bridgehead atoms. The first-order chi connectivity index (χ1) is 12.5. The summed E-state index contributed by atoms with van der Waals surface area (Å²) in [7, 11) is 0. The number of ether oxygens (including phenoxy) is 1. The average molecular weight is 378 g/mol. The molecule has 5 nitrogen and oxygen atoms in total. The Labute approximate surface area is 153 Å². The van der Waals surface area contributed by atoms with E-state index in [0.29, 0.717) is 17.3 Å². The Hall–Kier alpha value is -2.93. The second kappa shape index (κ2) is 7.97. The number of nitrogens with zero attached hydrogens (tertiary/aromatic N) is 2. The number of hydrogen-bond donors (Lipinski definition) is 1. The maximum Gasteiger partial charge on any atom is 0.387 e. The van der Waals surface area contributed by atoms with Crippen LogP contribution in [0.3, 0.4) is 0 Å². The van der Waals surface area contributed by atoms with Crippen molar-refractivity contribution >= 4 is 23.2 Å². The SMILES string of the molecule is O=C(Nc1cnn(Cc2cccc(Cl)c2)c1)c1ccccc1OC(F)F. The van der Waals surface area contributed by atoms with Gasteiger partial charge in [-0.15, -0.1) is 0 Å². The lowest BCUT2D eigenvalue weighted by Crippen LogP contribution is -2.14. The zero-order valence-corrected chi connectivity index (χ0v) is 14.2. The molecule has 8 heteroatoms. The highest BCUT2D eigenvalue weighted by molar-refractivity contribution is 6.30. The van der Waals surface area contributed by atoms with Crippen LogP contribution in [0.5, 0.6) is 5.75 Å². The van der Waals surface area contributed by atoms with Gasteiger partial charge in [-0.2, -0.15) is 13.9 Å². The minimum atomic E-state index is -3.01. The van der Waals surface area contributed by atoms with E-state index in [1.54, 1.807) is 23.0 Å². The van der Waals surface area contributed by atoms with Crippen molar-refractivity contribution in [3.63, 3.8) is 0 Å². The number of carbonyl (C=O) groups is 1. The predicted molar refractivity (Wildman–Crippen MR) is 93.8 cm³/mol. The van der Waals surface area contributed by atoms with E-state index in [1.165, 1.54) is 24.4 Å². The van der Waals surface area contributed by atoms with Crippen LogP contribution in [0.2, 0.25) is 5.02 Å². The van der Waals surface area contributed by atoms with Gasteiger partial charge in [0.05, 0.1) is 24.0 Å². The van der Waals surface area contributed by atoms with E-state index < -0.39 is 12.5 Å². The fourth-order valence-corrected chi connectivity index (χ4v) is 2.60. The molecule has 3 rings (SSSR count). The Balaban J connectivity index is 1.70. The van der Waals surface area contributed by atoms with E-state index in [2.05, 4.69) is 15.2 Å². The molecule has 134 valence electrons. The standard InChI is InChI=1S/C18H14ClF2N3O2/c19-13-5-3-4-12(8-13)10-24-11-14(9-22-24)23-17(25)15-6-1-2-7-16(15)26-18(20)21/h1-9,11,18H,10H2,(H,23,25). The molecule has 0 aliphatic rings. The van der Waals surface area contributed by atoms with Crippen LogP contribution in [0.1, 0.15) is 15.9 Å². The van der Waals surface area contributed by atoms with Crippen molar-refractivity contribution in [3.05, 3.63) is 77.1 Å². The molecule has 26 heavy (non-hydrogen) atoms. The molecule has 0 aliphatic heterocycles. The number of alkyl halides is 2. The normalized spacial score (nSPS) is 10.8. The Bertz CT molecular complexity index is 915. The minimum Gasteiger partial charge on any atom is -0.434 e. The third-order valence-electron chi connectivity index (χ3n) is 3.47. The number of aromatic nitrogens is 2. The summed E-state index contributed by atoms with van der Waals surface area (Å²) in [4.78, 5) is 12.3. The number of rotatable bonds is 6. The molecule has 1 amide bonds. The molecule has 2 aromatic carbocycles. The second-order valence-corrected chi connectivity index (χ2v) is 5.82. The lowest BCUT2D eigenvalue weighted by Gasteiger charge is -2.09. The highest BCUT2D eigenvalue weighted by Gasteiger charge is 2.16. The zero-order chi connectivity index (χ0) is 18.5. The fourth-order valence-electron chi connectivity index (χ4n) is 2.39. The first-order valence-electron chi connectivity index (χ1n) is 7.63. The van der Waals surface area contributed by atoms with Crippen LogP contribution in [-0.4, -0.2) is 22.3 Å². The number of nitrogens with one attached hydrogen (secondary N) is 1. The number of anilines is 1. The molecule has 0 radical (unpaired) electrons. The lowest BCUT2D eigenvalue weighted by atomic mass is 10.2. The van der Waals surface area contributed by atoms with E-state index in [1.807, 2.05) is 18.2 Å². The van der Waals surface area contributed by atoms with Gasteiger partial charge >= 0.3 is 6.61 Å². The second-order valence-electron chi connectivity index (χ2n) is 5.39. The van der Waals surface area contributed by atoms with Crippen LogP contribution >= 0.6 is 11.6 Å². The summed E-state index contributed by atoms with van der Waals surface area (Å²) in [6.07, 6.45) is 3.11. The number of amides is 1. The Kier molecular flexibility index (Phi) is 5.48. The maximum absolute atomic E-state index is 12.5. The molecule has 0 atom stereocenters. The van der Waals surface area contributed by atoms with Gasteiger partial charge in [0.25, 0.3) is 5.91 Å². The monoisotopic (exact) mass is 377 g/mol. The van der Waals surface area contributed by atoms with E-state index in [0.717, 1.165) is 5.56 Å². The quantitative estimate of drug-likeness (QED) is 0.691. The van der Waals surface area contributed by atoms with Crippen molar-refractivity contribution in [1.82, 2.24) is 9.78 Å². The average Bonchev–Trinajstić information content (AvgIpc) is 3.01. The Morgan fingerprint density at radius 1 is 1.23 bits per heavy atom. The van der Waals surface area contributed by atoms with Gasteiger partial charge in [0.2, 0.25) is 0 Å². The van der Waals surface area contributed by atoms with Crippen LogP contribution in [0.15, 0.2) is 60.9 Å².